The third-order valence-corrected chi connectivity index (χ3v) is 2.09. The third kappa shape index (κ3) is 3.30. The van der Waals surface area contributed by atoms with Crippen LogP contribution in [0.4, 0.5) is 0 Å². The predicted octanol–water partition coefficient (Wildman–Crippen LogP) is 1.44. The van der Waals surface area contributed by atoms with Crippen molar-refractivity contribution < 1.29 is 19.3 Å². The maximum atomic E-state index is 9.11. The molecule has 0 aromatic heterocycles. The van der Waals surface area contributed by atoms with Crippen LogP contribution in [0.5, 0.6) is 17.2 Å². The van der Waals surface area contributed by atoms with E-state index in [0.29, 0.717) is 22.8 Å². The molecule has 4 heteroatoms. The predicted molar refractivity (Wildman–Crippen MR) is 64.7 cm³/mol. The highest BCUT2D eigenvalue weighted by Crippen LogP contribution is 2.37. The van der Waals surface area contributed by atoms with Crippen LogP contribution in [0.2, 0.25) is 0 Å². The Labute approximate surface area is 101 Å². The van der Waals surface area contributed by atoms with E-state index in [2.05, 4.69) is 11.8 Å². The Morgan fingerprint density at radius 1 is 1.06 bits per heavy atom. The van der Waals surface area contributed by atoms with Crippen molar-refractivity contribution in [2.75, 3.05) is 21.3 Å². The van der Waals surface area contributed by atoms with E-state index in [-0.39, 0.29) is 0 Å². The second-order valence-electron chi connectivity index (χ2n) is 3.36. The van der Waals surface area contributed by atoms with Crippen LogP contribution in [0.3, 0.4) is 0 Å². The Morgan fingerprint density at radius 3 is 1.94 bits per heavy atom. The van der Waals surface area contributed by atoms with Gasteiger partial charge in [-0.2, -0.15) is 0 Å². The summed E-state index contributed by atoms with van der Waals surface area (Å²) < 4.78 is 15.6. The molecule has 0 amide bonds. The van der Waals surface area contributed by atoms with Gasteiger partial charge in [-0.3, -0.25) is 0 Å². The van der Waals surface area contributed by atoms with Crippen molar-refractivity contribution in [2.45, 2.75) is 13.0 Å². The van der Waals surface area contributed by atoms with Crippen molar-refractivity contribution in [2.24, 2.45) is 0 Å². The summed E-state index contributed by atoms with van der Waals surface area (Å²) in [5, 5.41) is 9.11. The number of benzene rings is 1. The van der Waals surface area contributed by atoms with Crippen LogP contribution in [0.1, 0.15) is 12.5 Å². The van der Waals surface area contributed by atoms with Crippen LogP contribution >= 0.6 is 0 Å². The molecule has 92 valence electrons. The van der Waals surface area contributed by atoms with Crippen molar-refractivity contribution in [3.05, 3.63) is 17.7 Å². The summed E-state index contributed by atoms with van der Waals surface area (Å²) in [6.07, 6.45) is -0.672. The smallest absolute Gasteiger partial charge is 0.203 e. The molecule has 0 saturated heterocycles. The van der Waals surface area contributed by atoms with E-state index in [0.717, 1.165) is 0 Å². The summed E-state index contributed by atoms with van der Waals surface area (Å²) in [5.74, 6) is 7.10. The van der Waals surface area contributed by atoms with E-state index in [1.165, 1.54) is 0 Å². The Morgan fingerprint density at radius 2 is 1.59 bits per heavy atom. The van der Waals surface area contributed by atoms with Gasteiger partial charge in [0, 0.05) is 5.56 Å². The molecule has 1 N–H and O–H groups in total. The highest BCUT2D eigenvalue weighted by molar-refractivity contribution is 5.57. The van der Waals surface area contributed by atoms with Gasteiger partial charge in [0.15, 0.2) is 11.5 Å². The molecule has 0 unspecified atom stereocenters. The molecule has 0 saturated carbocycles. The van der Waals surface area contributed by atoms with Crippen molar-refractivity contribution in [3.63, 3.8) is 0 Å². The van der Waals surface area contributed by atoms with Crippen LogP contribution in [0.25, 0.3) is 0 Å². The van der Waals surface area contributed by atoms with E-state index >= 15 is 0 Å². The number of hydrogen-bond donors (Lipinski definition) is 1. The summed E-state index contributed by atoms with van der Waals surface area (Å²) in [7, 11) is 4.63. The van der Waals surface area contributed by atoms with Gasteiger partial charge in [0.25, 0.3) is 0 Å². The standard InChI is InChI=1S/C13H16O4/c1-9(14)5-6-10-7-11(15-2)13(17-4)12(8-10)16-3/h7-9,14H,1-4H3/t9-/m1/s1. The molecule has 1 aromatic carbocycles. The van der Waals surface area contributed by atoms with Gasteiger partial charge < -0.3 is 19.3 Å². The second kappa shape index (κ2) is 6.02. The highest BCUT2D eigenvalue weighted by Gasteiger charge is 2.12. The SMILES string of the molecule is COc1cc(C#C[C@@H](C)O)cc(OC)c1OC. The minimum absolute atomic E-state index is 0.526. The lowest BCUT2D eigenvalue weighted by molar-refractivity contribution is 0.253. The van der Waals surface area contributed by atoms with Gasteiger partial charge in [0.05, 0.1) is 21.3 Å². The zero-order chi connectivity index (χ0) is 12.8. The van der Waals surface area contributed by atoms with Crippen molar-refractivity contribution in [3.8, 4) is 29.1 Å². The van der Waals surface area contributed by atoms with E-state index in [4.69, 9.17) is 19.3 Å². The lowest BCUT2D eigenvalue weighted by atomic mass is 10.1. The lowest BCUT2D eigenvalue weighted by Gasteiger charge is -2.12. The molecule has 1 rings (SSSR count). The fraction of sp³-hybridized carbons (Fsp3) is 0.385. The molecule has 1 atom stereocenters. The number of hydrogen-bond acceptors (Lipinski definition) is 4. The first-order valence-electron chi connectivity index (χ1n) is 5.12. The maximum Gasteiger partial charge on any atom is 0.203 e. The zero-order valence-corrected chi connectivity index (χ0v) is 10.4. The molecule has 0 aliphatic carbocycles. The summed E-state index contributed by atoms with van der Waals surface area (Å²) in [6, 6.07) is 3.47. The number of ether oxygens (including phenoxy) is 3. The molecular formula is C13H16O4. The first-order chi connectivity index (χ1) is 8.12. The van der Waals surface area contributed by atoms with Crippen LogP contribution in [0.15, 0.2) is 12.1 Å². The maximum absolute atomic E-state index is 9.11. The largest absolute Gasteiger partial charge is 0.493 e. The molecule has 0 radical (unpaired) electrons. The van der Waals surface area contributed by atoms with Crippen LogP contribution in [-0.4, -0.2) is 32.5 Å². The Balaban J connectivity index is 3.24. The van der Waals surface area contributed by atoms with E-state index in [1.54, 1.807) is 40.4 Å². The monoisotopic (exact) mass is 236 g/mol. The van der Waals surface area contributed by atoms with Crippen LogP contribution in [-0.2, 0) is 0 Å². The molecule has 0 aliphatic rings. The van der Waals surface area contributed by atoms with E-state index in [1.807, 2.05) is 0 Å². The Kier molecular flexibility index (Phi) is 4.68. The fourth-order valence-corrected chi connectivity index (χ4v) is 1.34. The van der Waals surface area contributed by atoms with Gasteiger partial charge in [-0.1, -0.05) is 11.8 Å². The molecular weight excluding hydrogens is 220 g/mol. The van der Waals surface area contributed by atoms with Crippen molar-refractivity contribution in [1.29, 1.82) is 0 Å². The molecule has 1 aromatic rings. The number of rotatable bonds is 3. The summed E-state index contributed by atoms with van der Waals surface area (Å²) in [6.45, 7) is 1.60. The molecule has 0 spiro atoms. The summed E-state index contributed by atoms with van der Waals surface area (Å²) in [5.41, 5.74) is 0.695. The van der Waals surface area contributed by atoms with E-state index < -0.39 is 6.10 Å². The molecule has 0 fully saturated rings. The minimum Gasteiger partial charge on any atom is -0.493 e. The van der Waals surface area contributed by atoms with Gasteiger partial charge in [0.2, 0.25) is 5.75 Å². The average molecular weight is 236 g/mol. The molecule has 0 bridgehead atoms. The summed E-state index contributed by atoms with van der Waals surface area (Å²) in [4.78, 5) is 0. The zero-order valence-electron chi connectivity index (χ0n) is 10.4. The topological polar surface area (TPSA) is 47.9 Å². The van der Waals surface area contributed by atoms with Gasteiger partial charge in [-0.25, -0.2) is 0 Å². The summed E-state index contributed by atoms with van der Waals surface area (Å²) >= 11 is 0. The third-order valence-electron chi connectivity index (χ3n) is 2.09. The molecule has 17 heavy (non-hydrogen) atoms. The number of methoxy groups -OCH3 is 3. The van der Waals surface area contributed by atoms with Crippen molar-refractivity contribution >= 4 is 0 Å². The van der Waals surface area contributed by atoms with Gasteiger partial charge in [0.1, 0.15) is 6.10 Å². The molecule has 0 aliphatic heterocycles. The lowest BCUT2D eigenvalue weighted by Crippen LogP contribution is -1.96. The number of aliphatic hydroxyl groups is 1. The second-order valence-corrected chi connectivity index (χ2v) is 3.36. The normalized spacial score (nSPS) is 11.1. The Hall–Kier alpha value is -1.86. The van der Waals surface area contributed by atoms with Gasteiger partial charge >= 0.3 is 0 Å². The molecule has 0 heterocycles. The van der Waals surface area contributed by atoms with Crippen molar-refractivity contribution in [1.82, 2.24) is 0 Å². The van der Waals surface area contributed by atoms with Crippen LogP contribution < -0.4 is 14.2 Å². The fourth-order valence-electron chi connectivity index (χ4n) is 1.34. The first-order valence-corrected chi connectivity index (χ1v) is 5.12. The van der Waals surface area contributed by atoms with Gasteiger partial charge in [-0.15, -0.1) is 0 Å². The first kappa shape index (κ1) is 13.2. The average Bonchev–Trinajstić information content (AvgIpc) is 2.34. The minimum atomic E-state index is -0.672. The van der Waals surface area contributed by atoms with E-state index in [9.17, 15) is 0 Å². The molecule has 4 nitrogen and oxygen atoms in total. The highest BCUT2D eigenvalue weighted by atomic mass is 16.5. The van der Waals surface area contributed by atoms with Gasteiger partial charge in [-0.05, 0) is 19.1 Å². The number of aliphatic hydroxyl groups excluding tert-OH is 1. The van der Waals surface area contributed by atoms with Crippen LogP contribution in [0, 0.1) is 11.8 Å². The Bertz CT molecular complexity index is 415. The quantitative estimate of drug-likeness (QED) is 0.807.